The summed E-state index contributed by atoms with van der Waals surface area (Å²) in [5, 5.41) is 3.70. The van der Waals surface area contributed by atoms with Gasteiger partial charge in [0.25, 0.3) is 0 Å². The molecule has 2 aliphatic heterocycles. The first-order valence-electron chi connectivity index (χ1n) is 16.9. The maximum atomic E-state index is 5.00. The van der Waals surface area contributed by atoms with Gasteiger partial charge in [0, 0.05) is 44.3 Å². The Kier molecular flexibility index (Phi) is 14.1. The van der Waals surface area contributed by atoms with Crippen molar-refractivity contribution in [2.24, 2.45) is 0 Å². The number of fused-ring (bicyclic) bond motifs is 20. The topological polar surface area (TPSA) is 107 Å². The van der Waals surface area contributed by atoms with E-state index in [9.17, 15) is 0 Å². The van der Waals surface area contributed by atoms with Crippen LogP contribution in [-0.4, -0.2) is 34.9 Å². The Hall–Kier alpha value is -5.24. The van der Waals surface area contributed by atoms with Gasteiger partial charge in [-0.3, -0.25) is 0 Å². The number of hydrogen-bond acceptors (Lipinski definition) is 6. The summed E-state index contributed by atoms with van der Waals surface area (Å²) in [6.45, 7) is 16.0. The summed E-state index contributed by atoms with van der Waals surface area (Å²) in [6.07, 6.45) is 0. The number of nitrogens with one attached hydrogen (secondary N) is 1. The Balaban J connectivity index is 0.000000635. The van der Waals surface area contributed by atoms with Crippen molar-refractivity contribution in [3.8, 4) is 45.6 Å². The second-order valence-electron chi connectivity index (χ2n) is 9.73. The van der Waals surface area contributed by atoms with E-state index >= 15 is 0 Å². The fourth-order valence-corrected chi connectivity index (χ4v) is 5.52. The zero-order valence-electron chi connectivity index (χ0n) is 30.2. The Labute approximate surface area is 305 Å². The van der Waals surface area contributed by atoms with Gasteiger partial charge in [0.2, 0.25) is 0 Å². The van der Waals surface area contributed by atoms with Crippen molar-refractivity contribution in [3.05, 3.63) is 104 Å². The van der Waals surface area contributed by atoms with Crippen LogP contribution in [0.5, 0.6) is 0 Å². The zero-order chi connectivity index (χ0) is 34.2. The summed E-state index contributed by atoms with van der Waals surface area (Å²) in [4.78, 5) is 38.0. The van der Waals surface area contributed by atoms with E-state index in [1.807, 2.05) is 152 Å². The molecule has 2 aliphatic rings. The molecule has 4 aromatic carbocycles. The van der Waals surface area contributed by atoms with Gasteiger partial charge in [0.15, 0.2) is 11.6 Å². The van der Waals surface area contributed by atoms with Crippen LogP contribution in [0, 0.1) is 7.43 Å². The molecule has 3 aromatic heterocycles. The van der Waals surface area contributed by atoms with Crippen LogP contribution >= 0.6 is 0 Å². The predicted molar refractivity (Wildman–Crippen MR) is 207 cm³/mol. The van der Waals surface area contributed by atoms with E-state index in [0.717, 1.165) is 43.8 Å². The third-order valence-corrected chi connectivity index (χ3v) is 7.40. The summed E-state index contributed by atoms with van der Waals surface area (Å²) < 4.78 is 0. The molecule has 0 unspecified atom stereocenters. The number of aromatic nitrogens is 8. The maximum absolute atomic E-state index is 5.00. The molecule has 0 fully saturated rings. The van der Waals surface area contributed by atoms with E-state index in [1.165, 1.54) is 0 Å². The molecule has 0 saturated carbocycles. The molecule has 50 heavy (non-hydrogen) atoms. The molecule has 8 bridgehead atoms. The molecule has 9 rings (SSSR count). The molecule has 9 heteroatoms. The van der Waals surface area contributed by atoms with Gasteiger partial charge in [-0.2, -0.15) is 0 Å². The van der Waals surface area contributed by atoms with Crippen molar-refractivity contribution >= 4 is 44.1 Å². The van der Waals surface area contributed by atoms with Crippen molar-refractivity contribution in [1.82, 2.24) is 39.9 Å². The van der Waals surface area contributed by atoms with Crippen LogP contribution < -0.4 is 4.98 Å². The fourth-order valence-electron chi connectivity index (χ4n) is 5.52. The van der Waals surface area contributed by atoms with Gasteiger partial charge < -0.3 is 27.4 Å². The molecule has 7 aromatic rings. The largest absolute Gasteiger partial charge is 2.00 e. The molecule has 8 nitrogen and oxygen atoms in total. The average molecular weight is 712 g/mol. The van der Waals surface area contributed by atoms with Crippen molar-refractivity contribution < 1.29 is 17.1 Å². The SMILES string of the molecule is CC.CC.CC.CC.[CH3-].[Cu+2].c1ccc2c(c1)-c1nc-2nc2[nH]c(nc3nc(nc4[n-]c(n1)c1ccccc41)-c1ccccc1-3)c1ccccc21. The summed E-state index contributed by atoms with van der Waals surface area (Å²) in [5.41, 5.74) is 6.11. The van der Waals surface area contributed by atoms with E-state index < -0.39 is 0 Å². The van der Waals surface area contributed by atoms with E-state index in [1.54, 1.807) is 0 Å². The number of benzene rings is 4. The Morgan fingerprint density at radius 1 is 0.380 bits per heavy atom. The number of H-pyrrole nitrogens is 1. The van der Waals surface area contributed by atoms with Crippen LogP contribution in [0.15, 0.2) is 97.1 Å². The summed E-state index contributed by atoms with van der Waals surface area (Å²) in [6, 6.07) is 32.0. The number of rotatable bonds is 0. The maximum Gasteiger partial charge on any atom is 2.00 e. The minimum absolute atomic E-state index is 0. The van der Waals surface area contributed by atoms with Gasteiger partial charge in [-0.05, 0) is 10.8 Å². The van der Waals surface area contributed by atoms with Crippen LogP contribution in [0.4, 0.5) is 0 Å². The van der Waals surface area contributed by atoms with Crippen LogP contribution in [0.1, 0.15) is 55.4 Å². The van der Waals surface area contributed by atoms with Gasteiger partial charge >= 0.3 is 17.1 Å². The molecule has 0 saturated heterocycles. The fraction of sp³-hybridized carbons (Fsp3) is 0.195. The molecular formula is C41H44CuN8. The predicted octanol–water partition coefficient (Wildman–Crippen LogP) is 11.1. The van der Waals surface area contributed by atoms with Gasteiger partial charge in [0.1, 0.15) is 11.3 Å². The van der Waals surface area contributed by atoms with Gasteiger partial charge in [-0.1, -0.05) is 152 Å². The number of hydrogen-bond donors (Lipinski definition) is 1. The van der Waals surface area contributed by atoms with Crippen LogP contribution in [0.25, 0.3) is 89.7 Å². The summed E-state index contributed by atoms with van der Waals surface area (Å²) in [7, 11) is 0. The molecule has 0 spiro atoms. The molecule has 5 heterocycles. The van der Waals surface area contributed by atoms with Crippen molar-refractivity contribution in [2.75, 3.05) is 0 Å². The summed E-state index contributed by atoms with van der Waals surface area (Å²) in [5.74, 6) is 2.30. The minimum atomic E-state index is 0. The number of nitrogens with zero attached hydrogens (tertiary/aromatic N) is 7. The monoisotopic (exact) mass is 711 g/mol. The second-order valence-corrected chi connectivity index (χ2v) is 9.73. The molecular weight excluding hydrogens is 668 g/mol. The van der Waals surface area contributed by atoms with Crippen LogP contribution in [0.3, 0.4) is 0 Å². The second kappa shape index (κ2) is 18.0. The third kappa shape index (κ3) is 7.06. The third-order valence-electron chi connectivity index (χ3n) is 7.40. The van der Waals surface area contributed by atoms with Gasteiger partial charge in [-0.15, -0.1) is 0 Å². The van der Waals surface area contributed by atoms with Crippen molar-refractivity contribution in [2.45, 2.75) is 55.4 Å². The van der Waals surface area contributed by atoms with Crippen molar-refractivity contribution in [1.29, 1.82) is 0 Å². The standard InChI is InChI=1S/C32H17N8.4C2H6.CH3.Cu/c1-2-10-18-17(9-1)25-33-26(18)38-28-21-13-5-6-14-22(21)30(35-28)40-32-24-16-8-7-15-23(24)31(36-32)39-29-20-12-4-3-11-19(20)27(34-29)37-25;4*1-2;;/h1-16H,(H-,33,34,35,36,37,38,39,40);4*1-2H3;1H3;/q-1;;;;;-1;+2. The van der Waals surface area contributed by atoms with Crippen molar-refractivity contribution in [3.63, 3.8) is 0 Å². The van der Waals surface area contributed by atoms with Gasteiger partial charge in [0.05, 0.1) is 11.6 Å². The zero-order valence-corrected chi connectivity index (χ0v) is 31.1. The smallest absolute Gasteiger partial charge is 0.358 e. The molecule has 0 amide bonds. The van der Waals surface area contributed by atoms with Gasteiger partial charge in [-0.25, -0.2) is 19.9 Å². The molecule has 1 N–H and O–H groups in total. The van der Waals surface area contributed by atoms with E-state index in [2.05, 4.69) is 4.98 Å². The van der Waals surface area contributed by atoms with Crippen LogP contribution in [0.2, 0.25) is 0 Å². The quantitative estimate of drug-likeness (QED) is 0.123. The molecule has 0 atom stereocenters. The normalized spacial score (nSPS) is 10.1. The Morgan fingerprint density at radius 3 is 1.00 bits per heavy atom. The van der Waals surface area contributed by atoms with E-state index in [-0.39, 0.29) is 24.5 Å². The van der Waals surface area contributed by atoms with Crippen LogP contribution in [-0.2, 0) is 17.1 Å². The first kappa shape index (κ1) is 39.2. The molecule has 0 aliphatic carbocycles. The first-order valence-corrected chi connectivity index (χ1v) is 16.9. The minimum Gasteiger partial charge on any atom is -0.358 e. The Morgan fingerprint density at radius 2 is 0.660 bits per heavy atom. The number of aromatic amines is 1. The molecule has 1 radical (unpaired) electrons. The van der Waals surface area contributed by atoms with E-state index in [0.29, 0.717) is 45.9 Å². The summed E-state index contributed by atoms with van der Waals surface area (Å²) >= 11 is 0. The first-order chi connectivity index (χ1) is 23.8. The Bertz CT molecular complexity index is 2040. The van der Waals surface area contributed by atoms with E-state index in [4.69, 9.17) is 34.9 Å². The molecule has 259 valence electrons. The average Bonchev–Trinajstić information content (AvgIpc) is 3.91.